The van der Waals surface area contributed by atoms with Gasteiger partial charge in [0.2, 0.25) is 0 Å². The van der Waals surface area contributed by atoms with Crippen LogP contribution in [0.4, 0.5) is 0 Å². The van der Waals surface area contributed by atoms with Crippen LogP contribution in [0.3, 0.4) is 0 Å². The Balaban J connectivity index is 4.19. The van der Waals surface area contributed by atoms with Crippen molar-refractivity contribution in [3.05, 3.63) is 0 Å². The zero-order chi connectivity index (χ0) is 39.4. The number of esters is 3. The molecule has 0 saturated heterocycles. The van der Waals surface area contributed by atoms with Gasteiger partial charge < -0.3 is 14.2 Å². The summed E-state index contributed by atoms with van der Waals surface area (Å²) in [5.41, 5.74) is 0. The largest absolute Gasteiger partial charge is 0.462 e. The Hall–Kier alpha value is -1.59. The van der Waals surface area contributed by atoms with E-state index in [1.807, 2.05) is 0 Å². The van der Waals surface area contributed by atoms with E-state index >= 15 is 0 Å². The van der Waals surface area contributed by atoms with Crippen LogP contribution in [0.25, 0.3) is 0 Å². The molecule has 1 atom stereocenters. The summed E-state index contributed by atoms with van der Waals surface area (Å²) in [4.78, 5) is 37.6. The Morgan fingerprint density at radius 2 is 0.500 bits per heavy atom. The molecule has 0 radical (unpaired) electrons. The molecule has 0 heterocycles. The molecule has 0 aliphatic rings. The van der Waals surface area contributed by atoms with Crippen LogP contribution in [-0.4, -0.2) is 37.2 Å². The van der Waals surface area contributed by atoms with Crippen LogP contribution in [0.2, 0.25) is 0 Å². The predicted molar refractivity (Wildman–Crippen MR) is 229 cm³/mol. The third-order valence-corrected chi connectivity index (χ3v) is 10.9. The molecule has 6 nitrogen and oxygen atoms in total. The van der Waals surface area contributed by atoms with Gasteiger partial charge in [-0.1, -0.05) is 233 Å². The van der Waals surface area contributed by atoms with Crippen molar-refractivity contribution in [2.75, 3.05) is 13.2 Å². The second-order valence-electron chi connectivity index (χ2n) is 16.4. The molecular weight excluding hydrogens is 673 g/mol. The molecule has 0 aromatic heterocycles. The summed E-state index contributed by atoms with van der Waals surface area (Å²) in [5, 5.41) is 0. The van der Waals surface area contributed by atoms with Crippen molar-refractivity contribution < 1.29 is 28.6 Å². The minimum Gasteiger partial charge on any atom is -0.462 e. The van der Waals surface area contributed by atoms with Crippen molar-refractivity contribution in [3.8, 4) is 0 Å². The number of carbonyl (C=O) groups excluding carboxylic acids is 3. The van der Waals surface area contributed by atoms with Gasteiger partial charge in [-0.05, 0) is 19.3 Å². The van der Waals surface area contributed by atoms with E-state index < -0.39 is 6.10 Å². The maximum atomic E-state index is 12.7. The number of carbonyl (C=O) groups is 3. The van der Waals surface area contributed by atoms with Gasteiger partial charge in [0.05, 0.1) is 0 Å². The maximum absolute atomic E-state index is 12.7. The zero-order valence-corrected chi connectivity index (χ0v) is 36.5. The Labute approximate surface area is 336 Å². The molecule has 0 fully saturated rings. The number of ether oxygens (including phenoxy) is 3. The topological polar surface area (TPSA) is 78.9 Å². The fourth-order valence-corrected chi connectivity index (χ4v) is 7.21. The lowest BCUT2D eigenvalue weighted by Gasteiger charge is -2.18. The van der Waals surface area contributed by atoms with Crippen molar-refractivity contribution in [2.45, 2.75) is 277 Å². The molecule has 0 N–H and O–H groups in total. The SMILES string of the molecule is CCCCCCCCCCCCCCCCCCCCC(=O)O[C@H](COC(=O)CCCCCCCCC)COC(=O)CCCCCCCCCCCCC. The molecule has 0 unspecified atom stereocenters. The lowest BCUT2D eigenvalue weighted by Crippen LogP contribution is -2.30. The lowest BCUT2D eigenvalue weighted by molar-refractivity contribution is -0.167. The van der Waals surface area contributed by atoms with Gasteiger partial charge in [0, 0.05) is 19.3 Å². The molecule has 0 aliphatic carbocycles. The van der Waals surface area contributed by atoms with E-state index in [0.717, 1.165) is 57.8 Å². The normalized spacial score (nSPS) is 11.8. The van der Waals surface area contributed by atoms with Crippen LogP contribution in [0.1, 0.15) is 271 Å². The smallest absolute Gasteiger partial charge is 0.306 e. The molecule has 0 rings (SSSR count). The van der Waals surface area contributed by atoms with Gasteiger partial charge in [0.1, 0.15) is 13.2 Å². The van der Waals surface area contributed by atoms with Crippen LogP contribution in [0, 0.1) is 0 Å². The summed E-state index contributed by atoms with van der Waals surface area (Å²) in [6.07, 6.45) is 45.3. The monoisotopic (exact) mass is 765 g/mol. The second kappa shape index (κ2) is 44.1. The van der Waals surface area contributed by atoms with Crippen LogP contribution in [-0.2, 0) is 28.6 Å². The summed E-state index contributed by atoms with van der Waals surface area (Å²) in [6.45, 7) is 6.62. The first-order valence-electron chi connectivity index (χ1n) is 24.0. The van der Waals surface area contributed by atoms with Crippen LogP contribution >= 0.6 is 0 Å². The van der Waals surface area contributed by atoms with E-state index in [4.69, 9.17) is 14.2 Å². The first kappa shape index (κ1) is 52.4. The number of hydrogen-bond donors (Lipinski definition) is 0. The number of hydrogen-bond acceptors (Lipinski definition) is 6. The minimum atomic E-state index is -0.757. The van der Waals surface area contributed by atoms with Crippen LogP contribution in [0.5, 0.6) is 0 Å². The van der Waals surface area contributed by atoms with Gasteiger partial charge in [-0.2, -0.15) is 0 Å². The predicted octanol–water partition coefficient (Wildman–Crippen LogP) is 15.3. The summed E-state index contributed by atoms with van der Waals surface area (Å²) in [6, 6.07) is 0. The third kappa shape index (κ3) is 41.6. The zero-order valence-electron chi connectivity index (χ0n) is 36.5. The van der Waals surface area contributed by atoms with Gasteiger partial charge in [0.25, 0.3) is 0 Å². The van der Waals surface area contributed by atoms with Crippen molar-refractivity contribution >= 4 is 17.9 Å². The molecule has 0 bridgehead atoms. The molecular formula is C48H92O6. The molecule has 0 aliphatic heterocycles. The minimum absolute atomic E-state index is 0.0631. The summed E-state index contributed by atoms with van der Waals surface area (Å²) in [7, 11) is 0. The Morgan fingerprint density at radius 1 is 0.296 bits per heavy atom. The first-order valence-corrected chi connectivity index (χ1v) is 24.0. The highest BCUT2D eigenvalue weighted by Gasteiger charge is 2.19. The van der Waals surface area contributed by atoms with Gasteiger partial charge >= 0.3 is 17.9 Å². The highest BCUT2D eigenvalue weighted by molar-refractivity contribution is 5.71. The number of rotatable bonds is 44. The van der Waals surface area contributed by atoms with Crippen molar-refractivity contribution in [1.29, 1.82) is 0 Å². The van der Waals surface area contributed by atoms with Crippen LogP contribution in [0.15, 0.2) is 0 Å². The van der Waals surface area contributed by atoms with E-state index in [1.165, 1.54) is 173 Å². The summed E-state index contributed by atoms with van der Waals surface area (Å²) < 4.78 is 16.7. The average Bonchev–Trinajstić information content (AvgIpc) is 3.17. The quantitative estimate of drug-likeness (QED) is 0.0349. The fourth-order valence-electron chi connectivity index (χ4n) is 7.21. The fraction of sp³-hybridized carbons (Fsp3) is 0.938. The first-order chi connectivity index (χ1) is 26.5. The van der Waals surface area contributed by atoms with Crippen molar-refractivity contribution in [3.63, 3.8) is 0 Å². The van der Waals surface area contributed by atoms with Gasteiger partial charge in [-0.3, -0.25) is 14.4 Å². The Kier molecular flexibility index (Phi) is 42.8. The molecule has 0 spiro atoms. The van der Waals surface area contributed by atoms with E-state index in [9.17, 15) is 14.4 Å². The Morgan fingerprint density at radius 3 is 0.741 bits per heavy atom. The summed E-state index contributed by atoms with van der Waals surface area (Å²) in [5.74, 6) is -0.855. The highest BCUT2D eigenvalue weighted by atomic mass is 16.6. The van der Waals surface area contributed by atoms with E-state index in [2.05, 4.69) is 20.8 Å². The maximum Gasteiger partial charge on any atom is 0.306 e. The third-order valence-electron chi connectivity index (χ3n) is 10.9. The van der Waals surface area contributed by atoms with Gasteiger partial charge in [-0.15, -0.1) is 0 Å². The molecule has 0 aromatic rings. The second-order valence-corrected chi connectivity index (χ2v) is 16.4. The molecule has 0 aromatic carbocycles. The highest BCUT2D eigenvalue weighted by Crippen LogP contribution is 2.16. The van der Waals surface area contributed by atoms with E-state index in [0.29, 0.717) is 19.3 Å². The van der Waals surface area contributed by atoms with Gasteiger partial charge in [0.15, 0.2) is 6.10 Å². The van der Waals surface area contributed by atoms with Crippen molar-refractivity contribution in [1.82, 2.24) is 0 Å². The van der Waals surface area contributed by atoms with Crippen LogP contribution < -0.4 is 0 Å². The molecule has 54 heavy (non-hydrogen) atoms. The average molecular weight is 765 g/mol. The summed E-state index contributed by atoms with van der Waals surface area (Å²) >= 11 is 0. The number of unbranched alkanes of at least 4 members (excludes halogenated alkanes) is 33. The molecule has 0 saturated carbocycles. The van der Waals surface area contributed by atoms with E-state index in [-0.39, 0.29) is 31.1 Å². The molecule has 0 amide bonds. The molecule has 320 valence electrons. The van der Waals surface area contributed by atoms with Gasteiger partial charge in [-0.25, -0.2) is 0 Å². The lowest BCUT2D eigenvalue weighted by atomic mass is 10.0. The van der Waals surface area contributed by atoms with Crippen molar-refractivity contribution in [2.24, 2.45) is 0 Å². The Bertz CT molecular complexity index is 798. The van der Waals surface area contributed by atoms with E-state index in [1.54, 1.807) is 0 Å². The molecule has 6 heteroatoms. The standard InChI is InChI=1S/C48H92O6/c1-4-7-10-13-16-18-20-21-22-23-24-25-26-28-30-33-36-39-42-48(51)54-45(43-52-46(49)40-37-34-31-15-12-9-6-3)44-53-47(50)41-38-35-32-29-27-19-17-14-11-8-5-2/h45H,4-44H2,1-3H3/t45-/m1/s1.